The molecule has 2 aliphatic rings. The zero-order valence-corrected chi connectivity index (χ0v) is 16.7. The molecular weight excluding hydrogens is 352 g/mol. The highest BCUT2D eigenvalue weighted by Crippen LogP contribution is 2.31. The number of aryl methyl sites for hydroxylation is 1. The highest BCUT2D eigenvalue weighted by molar-refractivity contribution is 5.94. The number of benzene rings is 1. The average molecular weight is 380 g/mol. The SMILES string of the molecule is COc1cc(C)c(-c2ccc(C(=O)N(CC3CC3)C[C@H]3CCCO3)cc2)cn1. The molecule has 1 amide bonds. The normalized spacial score (nSPS) is 18.9. The van der Waals surface area contributed by atoms with Crippen LogP contribution in [-0.2, 0) is 4.74 Å². The van der Waals surface area contributed by atoms with E-state index >= 15 is 0 Å². The van der Waals surface area contributed by atoms with E-state index in [1.807, 2.05) is 48.4 Å². The van der Waals surface area contributed by atoms with Crippen LogP contribution in [0.25, 0.3) is 11.1 Å². The fourth-order valence-corrected chi connectivity index (χ4v) is 3.81. The Kier molecular flexibility index (Phi) is 5.62. The van der Waals surface area contributed by atoms with E-state index in [1.165, 1.54) is 12.8 Å². The van der Waals surface area contributed by atoms with Crippen molar-refractivity contribution in [1.82, 2.24) is 9.88 Å². The Balaban J connectivity index is 1.50. The standard InChI is InChI=1S/C23H28N2O3/c1-16-12-22(27-2)24-13-21(16)18-7-9-19(10-8-18)23(26)25(14-17-5-6-17)15-20-4-3-11-28-20/h7-10,12-13,17,20H,3-6,11,14-15H2,1-2H3/t20-/m1/s1. The molecule has 2 fully saturated rings. The number of ether oxygens (including phenoxy) is 2. The first-order valence-corrected chi connectivity index (χ1v) is 10.2. The molecule has 0 unspecified atom stereocenters. The molecule has 2 aromatic rings. The van der Waals surface area contributed by atoms with Crippen LogP contribution < -0.4 is 4.74 Å². The summed E-state index contributed by atoms with van der Waals surface area (Å²) in [6.45, 7) is 4.41. The van der Waals surface area contributed by atoms with Crippen molar-refractivity contribution < 1.29 is 14.3 Å². The van der Waals surface area contributed by atoms with Crippen molar-refractivity contribution in [3.63, 3.8) is 0 Å². The number of nitrogens with zero attached hydrogens (tertiary/aromatic N) is 2. The minimum Gasteiger partial charge on any atom is -0.481 e. The first kappa shape index (κ1) is 18.9. The largest absolute Gasteiger partial charge is 0.481 e. The van der Waals surface area contributed by atoms with Gasteiger partial charge in [-0.3, -0.25) is 4.79 Å². The predicted molar refractivity (Wildman–Crippen MR) is 109 cm³/mol. The van der Waals surface area contributed by atoms with Gasteiger partial charge in [-0.2, -0.15) is 0 Å². The van der Waals surface area contributed by atoms with Gasteiger partial charge in [-0.25, -0.2) is 4.98 Å². The van der Waals surface area contributed by atoms with E-state index in [9.17, 15) is 4.79 Å². The fourth-order valence-electron chi connectivity index (χ4n) is 3.81. The van der Waals surface area contributed by atoms with Crippen LogP contribution in [-0.4, -0.2) is 48.7 Å². The quantitative estimate of drug-likeness (QED) is 0.726. The monoisotopic (exact) mass is 380 g/mol. The third-order valence-corrected chi connectivity index (χ3v) is 5.65. The van der Waals surface area contributed by atoms with Crippen LogP contribution in [0.2, 0.25) is 0 Å². The van der Waals surface area contributed by atoms with Gasteiger partial charge >= 0.3 is 0 Å². The van der Waals surface area contributed by atoms with Gasteiger partial charge < -0.3 is 14.4 Å². The van der Waals surface area contributed by atoms with Gasteiger partial charge in [-0.05, 0) is 61.8 Å². The van der Waals surface area contributed by atoms with E-state index < -0.39 is 0 Å². The van der Waals surface area contributed by atoms with Crippen molar-refractivity contribution in [3.8, 4) is 17.0 Å². The summed E-state index contributed by atoms with van der Waals surface area (Å²) in [5.41, 5.74) is 3.94. The van der Waals surface area contributed by atoms with E-state index in [0.29, 0.717) is 18.3 Å². The second-order valence-electron chi connectivity index (χ2n) is 7.91. The Morgan fingerprint density at radius 3 is 2.61 bits per heavy atom. The van der Waals surface area contributed by atoms with Crippen LogP contribution in [0.4, 0.5) is 0 Å². The van der Waals surface area contributed by atoms with Crippen LogP contribution in [0.1, 0.15) is 41.6 Å². The Bertz CT molecular complexity index is 824. The molecule has 4 rings (SSSR count). The van der Waals surface area contributed by atoms with Gasteiger partial charge in [-0.15, -0.1) is 0 Å². The summed E-state index contributed by atoms with van der Waals surface area (Å²) in [4.78, 5) is 19.4. The molecule has 1 atom stereocenters. The Hall–Kier alpha value is -2.40. The van der Waals surface area contributed by atoms with Crippen LogP contribution in [0.3, 0.4) is 0 Å². The molecule has 0 spiro atoms. The van der Waals surface area contributed by atoms with Crippen molar-refractivity contribution >= 4 is 5.91 Å². The van der Waals surface area contributed by atoms with Crippen LogP contribution in [0, 0.1) is 12.8 Å². The molecule has 5 nitrogen and oxygen atoms in total. The minimum atomic E-state index is 0.110. The average Bonchev–Trinajstić information content (AvgIpc) is 3.39. The molecule has 28 heavy (non-hydrogen) atoms. The van der Waals surface area contributed by atoms with Gasteiger partial charge in [0, 0.05) is 43.1 Å². The van der Waals surface area contributed by atoms with Gasteiger partial charge in [-0.1, -0.05) is 12.1 Å². The van der Waals surface area contributed by atoms with Crippen LogP contribution >= 0.6 is 0 Å². The van der Waals surface area contributed by atoms with E-state index in [4.69, 9.17) is 9.47 Å². The summed E-state index contributed by atoms with van der Waals surface area (Å²) in [7, 11) is 1.62. The first-order chi connectivity index (χ1) is 13.6. The maximum absolute atomic E-state index is 13.1. The number of carbonyl (C=O) groups is 1. The summed E-state index contributed by atoms with van der Waals surface area (Å²) in [5.74, 6) is 1.38. The van der Waals surface area contributed by atoms with Gasteiger partial charge in [0.1, 0.15) is 0 Å². The van der Waals surface area contributed by atoms with Gasteiger partial charge in [0.15, 0.2) is 0 Å². The van der Waals surface area contributed by atoms with E-state index in [0.717, 1.165) is 48.2 Å². The minimum absolute atomic E-state index is 0.110. The molecular formula is C23H28N2O3. The Morgan fingerprint density at radius 1 is 1.21 bits per heavy atom. The number of rotatable bonds is 7. The molecule has 5 heteroatoms. The van der Waals surface area contributed by atoms with Gasteiger partial charge in [0.05, 0.1) is 13.2 Å². The molecule has 0 bridgehead atoms. The predicted octanol–water partition coefficient (Wildman–Crippen LogP) is 4.10. The smallest absolute Gasteiger partial charge is 0.253 e. The topological polar surface area (TPSA) is 51.7 Å². The lowest BCUT2D eigenvalue weighted by molar-refractivity contribution is 0.0515. The van der Waals surface area contributed by atoms with Crippen molar-refractivity contribution in [2.45, 2.75) is 38.7 Å². The second kappa shape index (κ2) is 8.31. The maximum atomic E-state index is 13.1. The van der Waals surface area contributed by atoms with Gasteiger partial charge in [0.25, 0.3) is 5.91 Å². The zero-order chi connectivity index (χ0) is 19.5. The number of aromatic nitrogens is 1. The second-order valence-corrected chi connectivity index (χ2v) is 7.91. The number of pyridine rings is 1. The third kappa shape index (κ3) is 4.36. The third-order valence-electron chi connectivity index (χ3n) is 5.65. The lowest BCUT2D eigenvalue weighted by atomic mass is 10.0. The van der Waals surface area contributed by atoms with Crippen molar-refractivity contribution in [2.24, 2.45) is 5.92 Å². The van der Waals surface area contributed by atoms with Crippen LogP contribution in [0.5, 0.6) is 5.88 Å². The molecule has 1 saturated carbocycles. The van der Waals surface area contributed by atoms with Crippen molar-refractivity contribution in [3.05, 3.63) is 47.7 Å². The number of hydrogen-bond donors (Lipinski definition) is 0. The van der Waals surface area contributed by atoms with Gasteiger partial charge in [0.2, 0.25) is 5.88 Å². The van der Waals surface area contributed by atoms with Crippen LogP contribution in [0.15, 0.2) is 36.5 Å². The summed E-state index contributed by atoms with van der Waals surface area (Å²) in [6.07, 6.45) is 6.63. The molecule has 148 valence electrons. The van der Waals surface area contributed by atoms with Crippen molar-refractivity contribution in [1.29, 1.82) is 0 Å². The molecule has 0 radical (unpaired) electrons. The number of methoxy groups -OCH3 is 1. The summed E-state index contributed by atoms with van der Waals surface area (Å²) in [5, 5.41) is 0. The lowest BCUT2D eigenvalue weighted by Gasteiger charge is -2.25. The molecule has 1 aromatic carbocycles. The Labute approximate surface area is 166 Å². The summed E-state index contributed by atoms with van der Waals surface area (Å²) < 4.78 is 11.0. The molecule has 1 saturated heterocycles. The lowest BCUT2D eigenvalue weighted by Crippen LogP contribution is -2.38. The highest BCUT2D eigenvalue weighted by atomic mass is 16.5. The molecule has 2 heterocycles. The number of hydrogen-bond acceptors (Lipinski definition) is 4. The number of carbonyl (C=O) groups excluding carboxylic acids is 1. The van der Waals surface area contributed by atoms with E-state index in [1.54, 1.807) is 7.11 Å². The molecule has 1 aliphatic carbocycles. The zero-order valence-electron chi connectivity index (χ0n) is 16.7. The Morgan fingerprint density at radius 2 is 2.00 bits per heavy atom. The molecule has 0 N–H and O–H groups in total. The molecule has 1 aromatic heterocycles. The molecule has 1 aliphatic heterocycles. The number of amides is 1. The summed E-state index contributed by atoms with van der Waals surface area (Å²) in [6, 6.07) is 9.79. The summed E-state index contributed by atoms with van der Waals surface area (Å²) >= 11 is 0. The van der Waals surface area contributed by atoms with E-state index in [2.05, 4.69) is 4.98 Å². The first-order valence-electron chi connectivity index (χ1n) is 10.2. The highest BCUT2D eigenvalue weighted by Gasteiger charge is 2.30. The maximum Gasteiger partial charge on any atom is 0.253 e. The fraction of sp³-hybridized carbons (Fsp3) is 0.478. The van der Waals surface area contributed by atoms with Crippen molar-refractivity contribution in [2.75, 3.05) is 26.8 Å². The van der Waals surface area contributed by atoms with E-state index in [-0.39, 0.29) is 12.0 Å².